The maximum absolute atomic E-state index is 13.9. The number of thioether (sulfide) groups is 1. The molecule has 1 aliphatic carbocycles. The molecule has 0 amide bonds. The molecule has 3 nitrogen and oxygen atoms in total. The van der Waals surface area contributed by atoms with Crippen molar-refractivity contribution < 1.29 is 0 Å². The molecular weight excluding hydrogens is 388 g/mol. The van der Waals surface area contributed by atoms with Crippen molar-refractivity contribution in [1.82, 2.24) is 9.55 Å². The fourth-order valence-electron chi connectivity index (χ4n) is 4.38. The molecule has 0 aliphatic heterocycles. The van der Waals surface area contributed by atoms with E-state index in [0.29, 0.717) is 6.54 Å². The molecule has 0 unspecified atom stereocenters. The Bertz CT molecular complexity index is 1090. The molecular formula is C26H30N2OS. The minimum atomic E-state index is -0.184. The van der Waals surface area contributed by atoms with Gasteiger partial charge in [0.05, 0.1) is 11.3 Å². The van der Waals surface area contributed by atoms with Crippen LogP contribution in [0.4, 0.5) is 0 Å². The number of nitrogens with zero attached hydrogens (tertiary/aromatic N) is 2. The number of rotatable bonds is 7. The summed E-state index contributed by atoms with van der Waals surface area (Å²) >= 11 is 1.70. The zero-order valence-corrected chi connectivity index (χ0v) is 19.0. The minimum absolute atomic E-state index is 0.147. The van der Waals surface area contributed by atoms with Gasteiger partial charge < -0.3 is 0 Å². The Morgan fingerprint density at radius 3 is 2.53 bits per heavy atom. The van der Waals surface area contributed by atoms with Crippen molar-refractivity contribution in [3.05, 3.63) is 81.6 Å². The first-order valence-corrected chi connectivity index (χ1v) is 12.0. The molecule has 1 heterocycles. The third-order valence-electron chi connectivity index (χ3n) is 6.27. The molecule has 1 aromatic heterocycles. The van der Waals surface area contributed by atoms with Crippen LogP contribution in [0.5, 0.6) is 0 Å². The minimum Gasteiger partial charge on any atom is -0.287 e. The maximum Gasteiger partial charge on any atom is 0.258 e. The second-order valence-corrected chi connectivity index (χ2v) is 9.47. The Morgan fingerprint density at radius 2 is 1.80 bits per heavy atom. The van der Waals surface area contributed by atoms with Gasteiger partial charge in [-0.25, -0.2) is 4.98 Å². The van der Waals surface area contributed by atoms with Crippen molar-refractivity contribution >= 4 is 11.8 Å². The molecule has 1 aliphatic rings. The Labute approximate surface area is 183 Å². The predicted molar refractivity (Wildman–Crippen MR) is 126 cm³/mol. The highest BCUT2D eigenvalue weighted by Gasteiger charge is 2.38. The summed E-state index contributed by atoms with van der Waals surface area (Å²) in [6, 6.07) is 18.9. The van der Waals surface area contributed by atoms with Gasteiger partial charge in [-0.2, -0.15) is 0 Å². The van der Waals surface area contributed by atoms with Gasteiger partial charge in [-0.3, -0.25) is 9.36 Å². The lowest BCUT2D eigenvalue weighted by Gasteiger charge is -2.36. The van der Waals surface area contributed by atoms with Crippen molar-refractivity contribution in [3.63, 3.8) is 0 Å². The van der Waals surface area contributed by atoms with Gasteiger partial charge in [-0.05, 0) is 36.8 Å². The second-order valence-electron chi connectivity index (χ2n) is 8.41. The van der Waals surface area contributed by atoms with E-state index in [0.717, 1.165) is 53.4 Å². The molecule has 30 heavy (non-hydrogen) atoms. The average molecular weight is 419 g/mol. The van der Waals surface area contributed by atoms with Gasteiger partial charge in [0.1, 0.15) is 0 Å². The third-order valence-corrected chi connectivity index (χ3v) is 7.46. The number of hydrogen-bond acceptors (Lipinski definition) is 3. The summed E-state index contributed by atoms with van der Waals surface area (Å²) < 4.78 is 1.94. The third kappa shape index (κ3) is 3.85. The van der Waals surface area contributed by atoms with Gasteiger partial charge in [-0.1, -0.05) is 87.1 Å². The predicted octanol–water partition coefficient (Wildman–Crippen LogP) is 5.88. The van der Waals surface area contributed by atoms with E-state index >= 15 is 0 Å². The first-order chi connectivity index (χ1) is 14.6. The highest BCUT2D eigenvalue weighted by molar-refractivity contribution is 7.99. The number of hydrogen-bond donors (Lipinski definition) is 0. The number of fused-ring (bicyclic) bond motifs is 3. The summed E-state index contributed by atoms with van der Waals surface area (Å²) in [5.74, 6) is 0.962. The lowest BCUT2D eigenvalue weighted by atomic mass is 9.69. The summed E-state index contributed by atoms with van der Waals surface area (Å²) in [6.07, 6.45) is 3.70. The summed E-state index contributed by atoms with van der Waals surface area (Å²) in [4.78, 5) is 19.0. The molecule has 0 spiro atoms. The molecule has 0 saturated heterocycles. The summed E-state index contributed by atoms with van der Waals surface area (Å²) in [5, 5.41) is 0.853. The molecule has 0 radical (unpaired) electrons. The number of benzene rings is 2. The highest BCUT2D eigenvalue weighted by atomic mass is 32.2. The summed E-state index contributed by atoms with van der Waals surface area (Å²) in [6.45, 7) is 7.24. The van der Waals surface area contributed by atoms with Crippen LogP contribution in [0.2, 0.25) is 0 Å². The van der Waals surface area contributed by atoms with E-state index in [2.05, 4.69) is 69.3 Å². The van der Waals surface area contributed by atoms with Gasteiger partial charge in [0.15, 0.2) is 5.16 Å². The Kier molecular flexibility index (Phi) is 6.14. The molecule has 0 saturated carbocycles. The van der Waals surface area contributed by atoms with E-state index in [-0.39, 0.29) is 11.0 Å². The molecule has 1 atom stereocenters. The monoisotopic (exact) mass is 418 g/mol. The lowest BCUT2D eigenvalue weighted by Crippen LogP contribution is -2.40. The fraction of sp³-hybridized carbons (Fsp3) is 0.385. The Morgan fingerprint density at radius 1 is 1.07 bits per heavy atom. The molecule has 0 bridgehead atoms. The largest absolute Gasteiger partial charge is 0.287 e. The fourth-order valence-corrected chi connectivity index (χ4v) is 5.25. The highest BCUT2D eigenvalue weighted by Crippen LogP contribution is 2.42. The Balaban J connectivity index is 1.87. The van der Waals surface area contributed by atoms with Crippen LogP contribution in [-0.4, -0.2) is 15.3 Å². The van der Waals surface area contributed by atoms with E-state index in [1.165, 1.54) is 11.1 Å². The standard InChI is InChI=1S/C26H30N2OS/c1-4-17-30-25-27-23-21-14-10-9-13-20(21)18-26(3,5-2)22(23)24(29)28(25)16-15-19-11-7-6-8-12-19/h6-14H,4-5,15-18H2,1-3H3/t26-/m1/s1. The van der Waals surface area contributed by atoms with Crippen molar-refractivity contribution in [2.45, 2.75) is 63.6 Å². The van der Waals surface area contributed by atoms with Gasteiger partial charge in [0.25, 0.3) is 5.56 Å². The van der Waals surface area contributed by atoms with Crippen LogP contribution >= 0.6 is 11.8 Å². The molecule has 0 N–H and O–H groups in total. The van der Waals surface area contributed by atoms with Crippen LogP contribution in [0.1, 0.15) is 50.3 Å². The Hall–Kier alpha value is -2.33. The van der Waals surface area contributed by atoms with Crippen molar-refractivity contribution in [3.8, 4) is 11.3 Å². The van der Waals surface area contributed by atoms with Gasteiger partial charge in [-0.15, -0.1) is 0 Å². The van der Waals surface area contributed by atoms with Crippen LogP contribution in [0.3, 0.4) is 0 Å². The van der Waals surface area contributed by atoms with E-state index in [9.17, 15) is 4.79 Å². The molecule has 3 aromatic rings. The van der Waals surface area contributed by atoms with Crippen LogP contribution in [0.15, 0.2) is 64.5 Å². The quantitative estimate of drug-likeness (QED) is 0.355. The maximum atomic E-state index is 13.9. The molecule has 0 fully saturated rings. The van der Waals surface area contributed by atoms with Crippen LogP contribution in [0.25, 0.3) is 11.3 Å². The molecule has 4 rings (SSSR count). The zero-order chi connectivity index (χ0) is 21.1. The molecule has 156 valence electrons. The molecule has 2 aromatic carbocycles. The smallest absolute Gasteiger partial charge is 0.258 e. The van der Waals surface area contributed by atoms with Crippen LogP contribution in [-0.2, 0) is 24.8 Å². The van der Waals surface area contributed by atoms with E-state index in [4.69, 9.17) is 4.98 Å². The van der Waals surface area contributed by atoms with Gasteiger partial charge in [0, 0.05) is 23.3 Å². The van der Waals surface area contributed by atoms with E-state index in [1.807, 2.05) is 10.6 Å². The SMILES string of the molecule is CCCSc1nc2c(c(=O)n1CCc1ccccc1)[C@](C)(CC)Cc1ccccc1-2. The zero-order valence-electron chi connectivity index (χ0n) is 18.1. The first-order valence-electron chi connectivity index (χ1n) is 11.0. The average Bonchev–Trinajstić information content (AvgIpc) is 2.77. The van der Waals surface area contributed by atoms with Gasteiger partial charge in [0.2, 0.25) is 0 Å². The lowest BCUT2D eigenvalue weighted by molar-refractivity contribution is 0.427. The van der Waals surface area contributed by atoms with Crippen LogP contribution in [0, 0.1) is 0 Å². The van der Waals surface area contributed by atoms with Gasteiger partial charge >= 0.3 is 0 Å². The van der Waals surface area contributed by atoms with E-state index in [1.54, 1.807) is 11.8 Å². The summed E-state index contributed by atoms with van der Waals surface area (Å²) in [5.41, 5.74) is 5.44. The van der Waals surface area contributed by atoms with Crippen molar-refractivity contribution in [2.75, 3.05) is 5.75 Å². The molecule has 4 heteroatoms. The first kappa shape index (κ1) is 20.9. The van der Waals surface area contributed by atoms with Crippen molar-refractivity contribution in [2.24, 2.45) is 0 Å². The summed E-state index contributed by atoms with van der Waals surface area (Å²) in [7, 11) is 0. The van der Waals surface area contributed by atoms with Crippen LogP contribution < -0.4 is 5.56 Å². The number of aryl methyl sites for hydroxylation is 1. The van der Waals surface area contributed by atoms with Crippen molar-refractivity contribution in [1.29, 1.82) is 0 Å². The number of aromatic nitrogens is 2. The van der Waals surface area contributed by atoms with E-state index < -0.39 is 0 Å². The second kappa shape index (κ2) is 8.81. The normalized spacial score (nSPS) is 17.4. The topological polar surface area (TPSA) is 34.9 Å².